The van der Waals surface area contributed by atoms with E-state index in [4.69, 9.17) is 71.1 Å². The maximum Gasteiger partial charge on any atom is 0.407 e. The van der Waals surface area contributed by atoms with E-state index < -0.39 is 177 Å². The second kappa shape index (κ2) is 34.5. The zero-order chi connectivity index (χ0) is 62.3. The van der Waals surface area contributed by atoms with Gasteiger partial charge in [0.25, 0.3) is 0 Å². The molecule has 3 heterocycles. The number of amides is 2. The lowest BCUT2D eigenvalue weighted by Gasteiger charge is -2.50. The summed E-state index contributed by atoms with van der Waals surface area (Å²) >= 11 is 0. The average Bonchev–Trinajstić information content (AvgIpc) is 3.48. The van der Waals surface area contributed by atoms with Gasteiger partial charge >= 0.3 is 59.8 Å². The number of alkyl carbamates (subject to hydrolysis) is 1. The highest BCUT2D eigenvalue weighted by Crippen LogP contribution is 2.42. The molecule has 0 aromatic rings. The maximum atomic E-state index is 13.2. The molecule has 0 spiro atoms. The molecular weight excluding hydrogens is 1100 g/mol. The molecule has 2 N–H and O–H groups in total. The summed E-state index contributed by atoms with van der Waals surface area (Å²) in [7, 11) is 0. The lowest BCUT2D eigenvalue weighted by Crippen LogP contribution is -2.66. The van der Waals surface area contributed by atoms with Crippen LogP contribution in [0.25, 0.3) is 0 Å². The second-order valence-electron chi connectivity index (χ2n) is 21.6. The number of rotatable bonds is 29. The first-order chi connectivity index (χ1) is 38.9. The summed E-state index contributed by atoms with van der Waals surface area (Å²) in [6, 6.07) is 0. The number of ether oxygens (including phenoxy) is 15. The van der Waals surface area contributed by atoms with Crippen molar-refractivity contribution in [2.45, 2.75) is 227 Å². The fraction of sp³-hybridized carbons (Fsp3) is 0.800. The summed E-state index contributed by atoms with van der Waals surface area (Å²) < 4.78 is 88.1. The normalized spacial score (nSPS) is 28.1. The first-order valence-electron chi connectivity index (χ1n) is 27.8. The van der Waals surface area contributed by atoms with Crippen molar-refractivity contribution in [1.29, 1.82) is 0 Å². The highest BCUT2D eigenvalue weighted by Gasteiger charge is 2.58. The number of hydrogen-bond acceptors (Lipinski definition) is 26. The average molecular weight is 1190 g/mol. The fourth-order valence-corrected chi connectivity index (χ4v) is 9.62. The number of carbonyl (C=O) groups excluding carboxylic acids is 11. The van der Waals surface area contributed by atoms with Crippen LogP contribution in [0.4, 0.5) is 4.79 Å². The monoisotopic (exact) mass is 1190 g/mol. The lowest BCUT2D eigenvalue weighted by atomic mass is 9.78. The van der Waals surface area contributed by atoms with Crippen molar-refractivity contribution in [3.63, 3.8) is 0 Å². The molecule has 0 aliphatic carbocycles. The van der Waals surface area contributed by atoms with E-state index in [1.165, 1.54) is 0 Å². The van der Waals surface area contributed by atoms with E-state index in [9.17, 15) is 52.7 Å². The van der Waals surface area contributed by atoms with Crippen molar-refractivity contribution in [1.82, 2.24) is 10.6 Å². The number of hydrogen-bond donors (Lipinski definition) is 2. The Kier molecular flexibility index (Phi) is 29.5. The molecule has 0 bridgehead atoms. The van der Waals surface area contributed by atoms with Crippen molar-refractivity contribution in [2.24, 2.45) is 17.8 Å². The Bertz CT molecular complexity index is 2200. The van der Waals surface area contributed by atoms with Gasteiger partial charge in [-0.05, 0) is 46.5 Å². The van der Waals surface area contributed by atoms with Crippen LogP contribution in [0, 0.1) is 17.8 Å². The third-order valence-corrected chi connectivity index (χ3v) is 13.1. The molecule has 16 unspecified atom stereocenters. The van der Waals surface area contributed by atoms with Crippen molar-refractivity contribution >= 4 is 65.7 Å². The molecule has 0 saturated carbocycles. The summed E-state index contributed by atoms with van der Waals surface area (Å²) in [5, 5.41) is 5.53. The van der Waals surface area contributed by atoms with Gasteiger partial charge in [-0.3, -0.25) is 47.9 Å². The molecule has 472 valence electrons. The van der Waals surface area contributed by atoms with Gasteiger partial charge in [-0.2, -0.15) is 0 Å². The van der Waals surface area contributed by atoms with Crippen molar-refractivity contribution in [2.75, 3.05) is 39.5 Å². The summed E-state index contributed by atoms with van der Waals surface area (Å²) in [6.45, 7) is 17.7. The minimum absolute atomic E-state index is 0.0117. The number of esters is 9. The van der Waals surface area contributed by atoms with E-state index >= 15 is 0 Å². The second-order valence-corrected chi connectivity index (χ2v) is 21.6. The van der Waals surface area contributed by atoms with Crippen LogP contribution in [0.5, 0.6) is 0 Å². The number of unbranched alkanes of at least 4 members (excludes halogenated alkanes) is 3. The Morgan fingerprint density at radius 3 is 1.43 bits per heavy atom. The zero-order valence-corrected chi connectivity index (χ0v) is 50.0. The predicted octanol–water partition coefficient (Wildman–Crippen LogP) is 3.14. The van der Waals surface area contributed by atoms with Gasteiger partial charge in [-0.1, -0.05) is 33.1 Å². The third kappa shape index (κ3) is 25.3. The van der Waals surface area contributed by atoms with Gasteiger partial charge in [0.1, 0.15) is 62.0 Å². The Morgan fingerprint density at radius 1 is 0.458 bits per heavy atom. The van der Waals surface area contributed by atoms with Crippen LogP contribution in [-0.2, 0) is 119 Å². The topological polar surface area (TPSA) is 350 Å². The first kappa shape index (κ1) is 71.0. The first-order valence-corrected chi connectivity index (χ1v) is 27.8. The van der Waals surface area contributed by atoms with Crippen LogP contribution in [0.1, 0.15) is 142 Å². The molecule has 83 heavy (non-hydrogen) atoms. The van der Waals surface area contributed by atoms with E-state index in [1.54, 1.807) is 27.7 Å². The SMILES string of the molecule is CC(=O)OCC1OC(OC2C(COC(C)=O)OC(OCCCCCCC(C)C(=O)NCCCNC(=O)OC(C)(C)C)C(OC(C)=O)C2OC(C)=O)C(OC(C)=O)C(OC(C)=O)C1CC1OC(COC(C)=O)C(OC(C)=O)C(OC(C)=O)C1C. The molecule has 0 aromatic carbocycles. The highest BCUT2D eigenvalue weighted by molar-refractivity contribution is 5.78. The van der Waals surface area contributed by atoms with E-state index in [0.29, 0.717) is 51.6 Å². The van der Waals surface area contributed by atoms with Crippen LogP contribution in [0.3, 0.4) is 0 Å². The molecule has 3 fully saturated rings. The maximum absolute atomic E-state index is 13.2. The smallest absolute Gasteiger partial charge is 0.407 e. The summed E-state index contributed by atoms with van der Waals surface area (Å²) in [6.07, 6.45) is -16.4. The van der Waals surface area contributed by atoms with Crippen LogP contribution in [-0.4, -0.2) is 191 Å². The lowest BCUT2D eigenvalue weighted by molar-refractivity contribution is -0.359. The number of nitrogens with one attached hydrogen (secondary N) is 2. The van der Waals surface area contributed by atoms with Gasteiger partial charge in [-0.25, -0.2) is 4.79 Å². The van der Waals surface area contributed by atoms with Crippen LogP contribution in [0.15, 0.2) is 0 Å². The molecule has 3 aliphatic rings. The Hall–Kier alpha value is -6.23. The van der Waals surface area contributed by atoms with Crippen molar-refractivity contribution in [3.8, 4) is 0 Å². The van der Waals surface area contributed by atoms with Crippen molar-refractivity contribution in [3.05, 3.63) is 0 Å². The number of carbonyl (C=O) groups is 11. The Morgan fingerprint density at radius 2 is 0.904 bits per heavy atom. The fourth-order valence-electron chi connectivity index (χ4n) is 9.62. The minimum atomic E-state index is -1.87. The van der Waals surface area contributed by atoms with Crippen LogP contribution in [0.2, 0.25) is 0 Å². The molecule has 2 amide bonds. The summed E-state index contributed by atoms with van der Waals surface area (Å²) in [5.74, 6) is -9.85. The van der Waals surface area contributed by atoms with E-state index in [-0.39, 0.29) is 24.9 Å². The van der Waals surface area contributed by atoms with Gasteiger partial charge in [0.2, 0.25) is 5.91 Å². The molecule has 28 nitrogen and oxygen atoms in total. The predicted molar refractivity (Wildman–Crippen MR) is 281 cm³/mol. The molecule has 28 heteroatoms. The van der Waals surface area contributed by atoms with E-state index in [1.807, 2.05) is 6.92 Å². The van der Waals surface area contributed by atoms with Crippen LogP contribution < -0.4 is 10.6 Å². The van der Waals surface area contributed by atoms with Gasteiger partial charge < -0.3 is 81.7 Å². The molecular formula is C55H86N2O26. The van der Waals surface area contributed by atoms with Crippen molar-refractivity contribution < 1.29 is 124 Å². The quantitative estimate of drug-likeness (QED) is 0.0617. The minimum Gasteiger partial charge on any atom is -0.463 e. The standard InChI is InChI=1S/C55H86N2O26/c1-28(51(67)56-21-19-22-57-54(68)83-55(12,13)14)20-17-15-16-18-23-69-52-50(78-38(11)66)48(76-36(9)64)47(43(81-52)27-72-32(5)60)82-53-49(77-37(10)65)45(74-34(7)62)39(41(80-53)25-70-30(3)58)24-40-29(2)44(73-33(6)61)46(75-35(8)63)42(79-40)26-71-31(4)59/h28-29,39-50,52-53H,15-27H2,1-14H3,(H,56,67)(H,57,68). The summed E-state index contributed by atoms with van der Waals surface area (Å²) in [4.78, 5) is 139. The zero-order valence-electron chi connectivity index (χ0n) is 50.0. The molecule has 0 aromatic heterocycles. The van der Waals surface area contributed by atoms with E-state index in [0.717, 1.165) is 62.3 Å². The molecule has 3 rings (SSSR count). The third-order valence-electron chi connectivity index (χ3n) is 13.1. The molecule has 16 atom stereocenters. The van der Waals surface area contributed by atoms with Gasteiger partial charge in [0, 0.05) is 99.8 Å². The molecule has 0 radical (unpaired) electrons. The highest BCUT2D eigenvalue weighted by atomic mass is 16.8. The van der Waals surface area contributed by atoms with E-state index in [2.05, 4.69) is 10.6 Å². The largest absolute Gasteiger partial charge is 0.463 e. The van der Waals surface area contributed by atoms with Crippen LogP contribution >= 0.6 is 0 Å². The Balaban J connectivity index is 1.95. The Labute approximate surface area is 483 Å². The van der Waals surface area contributed by atoms with Gasteiger partial charge in [0.15, 0.2) is 37.0 Å². The summed E-state index contributed by atoms with van der Waals surface area (Å²) in [5.41, 5.74) is -0.625. The van der Waals surface area contributed by atoms with Gasteiger partial charge in [0.05, 0.1) is 6.10 Å². The molecule has 3 saturated heterocycles. The molecule has 3 aliphatic heterocycles. The van der Waals surface area contributed by atoms with Gasteiger partial charge in [-0.15, -0.1) is 0 Å².